The summed E-state index contributed by atoms with van der Waals surface area (Å²) in [6.07, 6.45) is 0. The Morgan fingerprint density at radius 2 is 1.18 bits per heavy atom. The molecule has 1 aromatic rings. The van der Waals surface area contributed by atoms with Gasteiger partial charge < -0.3 is 9.47 Å². The smallest absolute Gasteiger partial charge is 0.357 e. The molecule has 2 amide bonds. The van der Waals surface area contributed by atoms with E-state index in [0.717, 1.165) is 32.6 Å². The number of nitrogens with zero attached hydrogens (tertiary/aromatic N) is 4. The van der Waals surface area contributed by atoms with Gasteiger partial charge >= 0.3 is 17.6 Å². The van der Waals surface area contributed by atoms with E-state index in [2.05, 4.69) is 9.47 Å². The summed E-state index contributed by atoms with van der Waals surface area (Å²) in [5.41, 5.74) is -3.57. The number of esters is 2. The average Bonchev–Trinajstić information content (AvgIpc) is 2.66. The molecule has 0 atom stereocenters. The van der Waals surface area contributed by atoms with E-state index < -0.39 is 52.1 Å². The van der Waals surface area contributed by atoms with Gasteiger partial charge in [-0.05, 0) is 0 Å². The summed E-state index contributed by atoms with van der Waals surface area (Å²) in [4.78, 5) is 76.1. The average molecular weight is 394 g/mol. The summed E-state index contributed by atoms with van der Waals surface area (Å²) < 4.78 is 10.9. The van der Waals surface area contributed by atoms with Gasteiger partial charge in [0.05, 0.1) is 14.2 Å². The lowest BCUT2D eigenvalue weighted by molar-refractivity contribution is -0.140. The molecule has 0 N–H and O–H groups in total. The van der Waals surface area contributed by atoms with Crippen LogP contribution in [0.4, 0.5) is 11.5 Å². The Bertz CT molecular complexity index is 1060. The lowest BCUT2D eigenvalue weighted by Gasteiger charge is -2.36. The van der Waals surface area contributed by atoms with E-state index in [1.807, 2.05) is 0 Å². The van der Waals surface area contributed by atoms with Crippen LogP contribution >= 0.6 is 0 Å². The third kappa shape index (κ3) is 2.78. The zero-order valence-corrected chi connectivity index (χ0v) is 16.1. The molecule has 0 spiro atoms. The number of fused-ring (bicyclic) bond motifs is 1. The van der Waals surface area contributed by atoms with Crippen molar-refractivity contribution in [3.05, 3.63) is 32.2 Å². The third-order valence-electron chi connectivity index (χ3n) is 4.10. The maximum atomic E-state index is 12.8. The number of aromatic nitrogens is 2. The van der Waals surface area contributed by atoms with Crippen LogP contribution in [0, 0.1) is 0 Å². The highest BCUT2D eigenvalue weighted by Gasteiger charge is 2.45. The van der Waals surface area contributed by atoms with Gasteiger partial charge in [-0.25, -0.2) is 14.4 Å². The van der Waals surface area contributed by atoms with Gasteiger partial charge in [0.1, 0.15) is 0 Å². The monoisotopic (exact) mass is 394 g/mol. The highest BCUT2D eigenvalue weighted by Crippen LogP contribution is 2.37. The number of carbonyl (C=O) groups excluding carboxylic acids is 4. The van der Waals surface area contributed by atoms with E-state index in [0.29, 0.717) is 14.4 Å². The quantitative estimate of drug-likeness (QED) is 0.545. The van der Waals surface area contributed by atoms with Crippen LogP contribution < -0.4 is 21.0 Å². The van der Waals surface area contributed by atoms with Crippen LogP contribution in [-0.4, -0.2) is 47.1 Å². The minimum absolute atomic E-state index is 0.358. The largest absolute Gasteiger partial charge is 0.464 e. The molecule has 0 aliphatic carbocycles. The molecule has 12 heteroatoms. The van der Waals surface area contributed by atoms with Crippen LogP contribution in [0.1, 0.15) is 13.8 Å². The molecule has 0 aromatic carbocycles. The van der Waals surface area contributed by atoms with Gasteiger partial charge in [-0.1, -0.05) is 0 Å². The molecule has 28 heavy (non-hydrogen) atoms. The SMILES string of the molecule is COC(=O)C1=C(C(=O)OC)N(C(C)=O)c2c(c(=O)n(C)c(=O)n2C)N1C(C)=O. The zero-order valence-electron chi connectivity index (χ0n) is 16.1. The minimum Gasteiger partial charge on any atom is -0.464 e. The summed E-state index contributed by atoms with van der Waals surface area (Å²) in [5.74, 6) is -4.32. The Morgan fingerprint density at radius 1 is 0.750 bits per heavy atom. The van der Waals surface area contributed by atoms with Gasteiger partial charge in [-0.15, -0.1) is 0 Å². The van der Waals surface area contributed by atoms with Gasteiger partial charge in [0.2, 0.25) is 11.8 Å². The number of hydrogen-bond acceptors (Lipinski definition) is 8. The molecule has 2 rings (SSSR count). The maximum Gasteiger partial charge on any atom is 0.357 e. The van der Waals surface area contributed by atoms with Crippen molar-refractivity contribution in [1.29, 1.82) is 0 Å². The maximum absolute atomic E-state index is 12.8. The summed E-state index contributed by atoms with van der Waals surface area (Å²) in [7, 11) is 4.40. The molecule has 1 aliphatic rings. The Kier molecular flexibility index (Phi) is 5.25. The zero-order chi connectivity index (χ0) is 21.5. The summed E-state index contributed by atoms with van der Waals surface area (Å²) >= 11 is 0. The van der Waals surface area contributed by atoms with Crippen molar-refractivity contribution < 1.29 is 28.7 Å². The fraction of sp³-hybridized carbons (Fsp3) is 0.375. The van der Waals surface area contributed by atoms with E-state index in [-0.39, 0.29) is 5.82 Å². The van der Waals surface area contributed by atoms with E-state index in [4.69, 9.17) is 0 Å². The Labute approximate surface area is 158 Å². The minimum atomic E-state index is -1.16. The van der Waals surface area contributed by atoms with Crippen molar-refractivity contribution in [2.24, 2.45) is 14.1 Å². The number of amides is 2. The first kappa shape index (κ1) is 20.6. The molecule has 150 valence electrons. The highest BCUT2D eigenvalue weighted by atomic mass is 16.5. The summed E-state index contributed by atoms with van der Waals surface area (Å²) in [6.45, 7) is 2.09. The van der Waals surface area contributed by atoms with Crippen molar-refractivity contribution in [1.82, 2.24) is 9.13 Å². The van der Waals surface area contributed by atoms with Gasteiger partial charge in [-0.3, -0.25) is 33.3 Å². The second-order valence-corrected chi connectivity index (χ2v) is 5.77. The fourth-order valence-corrected chi connectivity index (χ4v) is 2.89. The molecule has 0 radical (unpaired) electrons. The molecular formula is C16H18N4O8. The first-order chi connectivity index (χ1) is 13.0. The Morgan fingerprint density at radius 3 is 1.57 bits per heavy atom. The first-order valence-corrected chi connectivity index (χ1v) is 7.83. The fourth-order valence-electron chi connectivity index (χ4n) is 2.89. The van der Waals surface area contributed by atoms with E-state index in [1.54, 1.807) is 0 Å². The van der Waals surface area contributed by atoms with Crippen LogP contribution in [0.3, 0.4) is 0 Å². The first-order valence-electron chi connectivity index (χ1n) is 7.83. The number of ether oxygens (including phenoxy) is 2. The third-order valence-corrected chi connectivity index (χ3v) is 4.10. The van der Waals surface area contributed by atoms with Crippen molar-refractivity contribution in [2.75, 3.05) is 24.0 Å². The molecule has 2 heterocycles. The van der Waals surface area contributed by atoms with Crippen LogP contribution in [0.2, 0.25) is 0 Å². The number of anilines is 2. The predicted molar refractivity (Wildman–Crippen MR) is 94.3 cm³/mol. The molecule has 1 aliphatic heterocycles. The van der Waals surface area contributed by atoms with Crippen molar-refractivity contribution in [3.63, 3.8) is 0 Å². The van der Waals surface area contributed by atoms with E-state index >= 15 is 0 Å². The van der Waals surface area contributed by atoms with Gasteiger partial charge in [0, 0.05) is 27.9 Å². The van der Waals surface area contributed by atoms with Crippen LogP contribution in [0.15, 0.2) is 21.0 Å². The number of rotatable bonds is 2. The second-order valence-electron chi connectivity index (χ2n) is 5.77. The van der Waals surface area contributed by atoms with E-state index in [9.17, 15) is 28.8 Å². The molecule has 0 saturated heterocycles. The van der Waals surface area contributed by atoms with Gasteiger partial charge in [-0.2, -0.15) is 0 Å². The molecule has 0 unspecified atom stereocenters. The number of carbonyl (C=O) groups is 4. The molecule has 12 nitrogen and oxygen atoms in total. The van der Waals surface area contributed by atoms with Crippen molar-refractivity contribution in [3.8, 4) is 0 Å². The van der Waals surface area contributed by atoms with Gasteiger partial charge in [0.25, 0.3) is 5.56 Å². The molecule has 0 saturated carbocycles. The molecule has 0 fully saturated rings. The number of hydrogen-bond donors (Lipinski definition) is 0. The normalized spacial score (nSPS) is 13.2. The lowest BCUT2D eigenvalue weighted by atomic mass is 10.1. The van der Waals surface area contributed by atoms with E-state index in [1.165, 1.54) is 14.1 Å². The standard InChI is InChI=1S/C16H18N4O8/c1-7(21)19-9(14(24)27-5)10(15(25)28-6)20(8(2)22)12-11(19)13(23)18(4)16(26)17(12)3/h1-6H3. The molecule has 0 bridgehead atoms. The predicted octanol–water partition coefficient (Wildman–Crippen LogP) is -1.64. The van der Waals surface area contributed by atoms with Crippen molar-refractivity contribution >= 4 is 35.3 Å². The van der Waals surface area contributed by atoms with Crippen LogP contribution in [-0.2, 0) is 42.7 Å². The number of methoxy groups -OCH3 is 2. The summed E-state index contributed by atoms with van der Waals surface area (Å²) in [6, 6.07) is 0. The van der Waals surface area contributed by atoms with Gasteiger partial charge in [0.15, 0.2) is 22.9 Å². The van der Waals surface area contributed by atoms with Crippen molar-refractivity contribution in [2.45, 2.75) is 13.8 Å². The summed E-state index contributed by atoms with van der Waals surface area (Å²) in [5, 5.41) is 0. The topological polar surface area (TPSA) is 137 Å². The Hall–Kier alpha value is -3.70. The second kappa shape index (κ2) is 7.13. The van der Waals surface area contributed by atoms with Crippen LogP contribution in [0.25, 0.3) is 0 Å². The molecule has 1 aromatic heterocycles. The highest BCUT2D eigenvalue weighted by molar-refractivity contribution is 6.19. The Balaban J connectivity index is 3.20. The molecular weight excluding hydrogens is 376 g/mol. The lowest BCUT2D eigenvalue weighted by Crippen LogP contribution is -2.52. The van der Waals surface area contributed by atoms with Crippen LogP contribution in [0.5, 0.6) is 0 Å².